The zero-order valence-corrected chi connectivity index (χ0v) is 16.9. The van der Waals surface area contributed by atoms with E-state index in [0.717, 1.165) is 41.8 Å². The third-order valence-electron chi connectivity index (χ3n) is 5.48. The number of hydrogen-bond acceptors (Lipinski definition) is 5. The minimum Gasteiger partial charge on any atom is -0.370 e. The maximum absolute atomic E-state index is 14.4. The number of imidazole rings is 1. The van der Waals surface area contributed by atoms with Crippen molar-refractivity contribution >= 4 is 45.3 Å². The number of nitrogens with zero attached hydrogens (tertiary/aromatic N) is 4. The lowest BCUT2D eigenvalue weighted by molar-refractivity contribution is 0.630. The van der Waals surface area contributed by atoms with E-state index in [0.29, 0.717) is 28.2 Å². The van der Waals surface area contributed by atoms with Gasteiger partial charge in [-0.05, 0) is 32.0 Å². The van der Waals surface area contributed by atoms with Crippen molar-refractivity contribution in [1.29, 1.82) is 0 Å². The van der Waals surface area contributed by atoms with E-state index in [1.807, 2.05) is 19.1 Å². The van der Waals surface area contributed by atoms with E-state index >= 15 is 0 Å². The second-order valence-corrected chi connectivity index (χ2v) is 7.90. The lowest BCUT2D eigenvalue weighted by Gasteiger charge is -2.26. The van der Waals surface area contributed by atoms with Crippen molar-refractivity contribution in [3.05, 3.63) is 47.1 Å². The predicted molar refractivity (Wildman–Crippen MR) is 114 cm³/mol. The highest BCUT2D eigenvalue weighted by atomic mass is 35.5. The molecule has 0 aliphatic carbocycles. The second kappa shape index (κ2) is 6.89. The summed E-state index contributed by atoms with van der Waals surface area (Å²) in [7, 11) is 2.08. The largest absolute Gasteiger partial charge is 0.370 e. The Balaban J connectivity index is 1.50. The molecule has 7 nitrogen and oxygen atoms in total. The van der Waals surface area contributed by atoms with Crippen molar-refractivity contribution in [2.45, 2.75) is 19.4 Å². The SMILES string of the molecule is Cc1cn2cc(Nc3n[nH]c4cc(N(C)C5CCNC5)cc(Cl)c34)cc(F)c2n1. The van der Waals surface area contributed by atoms with Gasteiger partial charge in [-0.1, -0.05) is 11.6 Å². The van der Waals surface area contributed by atoms with Gasteiger partial charge >= 0.3 is 0 Å². The van der Waals surface area contributed by atoms with Crippen LogP contribution in [0.3, 0.4) is 0 Å². The summed E-state index contributed by atoms with van der Waals surface area (Å²) in [5, 5.41) is 15.3. The number of H-pyrrole nitrogens is 1. The Kier molecular flexibility index (Phi) is 4.33. The van der Waals surface area contributed by atoms with Crippen LogP contribution in [0.5, 0.6) is 0 Å². The highest BCUT2D eigenvalue weighted by Crippen LogP contribution is 2.35. The van der Waals surface area contributed by atoms with Gasteiger partial charge in [-0.2, -0.15) is 5.10 Å². The summed E-state index contributed by atoms with van der Waals surface area (Å²) >= 11 is 6.62. The molecular formula is C20H21ClFN7. The Bertz CT molecular complexity index is 1210. The molecule has 0 radical (unpaired) electrons. The molecule has 1 fully saturated rings. The Morgan fingerprint density at radius 2 is 2.17 bits per heavy atom. The number of hydrogen-bond donors (Lipinski definition) is 3. The first-order valence-electron chi connectivity index (χ1n) is 9.52. The van der Waals surface area contributed by atoms with Crippen LogP contribution in [0, 0.1) is 12.7 Å². The molecule has 0 amide bonds. The molecule has 29 heavy (non-hydrogen) atoms. The number of fused-ring (bicyclic) bond motifs is 2. The molecule has 3 N–H and O–H groups in total. The minimum atomic E-state index is -0.400. The smallest absolute Gasteiger partial charge is 0.173 e. The zero-order valence-electron chi connectivity index (χ0n) is 16.1. The zero-order chi connectivity index (χ0) is 20.1. The number of likely N-dealkylation sites (N-methyl/N-ethyl adjacent to an activating group) is 1. The van der Waals surface area contributed by atoms with Gasteiger partial charge in [-0.15, -0.1) is 0 Å². The molecule has 4 aromatic rings. The molecular weight excluding hydrogens is 393 g/mol. The molecule has 3 aromatic heterocycles. The van der Waals surface area contributed by atoms with Gasteiger partial charge in [0.25, 0.3) is 0 Å². The molecule has 1 saturated heterocycles. The number of rotatable bonds is 4. The van der Waals surface area contributed by atoms with Crippen LogP contribution in [-0.4, -0.2) is 45.8 Å². The van der Waals surface area contributed by atoms with Gasteiger partial charge < -0.3 is 19.9 Å². The quantitative estimate of drug-likeness (QED) is 0.474. The van der Waals surface area contributed by atoms with Gasteiger partial charge in [0.2, 0.25) is 0 Å². The van der Waals surface area contributed by atoms with E-state index in [1.54, 1.807) is 16.8 Å². The molecule has 4 heterocycles. The van der Waals surface area contributed by atoms with Gasteiger partial charge in [-0.25, -0.2) is 9.37 Å². The van der Waals surface area contributed by atoms with Gasteiger partial charge in [0.05, 0.1) is 27.3 Å². The van der Waals surface area contributed by atoms with Crippen molar-refractivity contribution < 1.29 is 4.39 Å². The van der Waals surface area contributed by atoms with Crippen LogP contribution >= 0.6 is 11.6 Å². The minimum absolute atomic E-state index is 0.298. The average Bonchev–Trinajstić information content (AvgIpc) is 3.41. The second-order valence-electron chi connectivity index (χ2n) is 7.49. The maximum Gasteiger partial charge on any atom is 0.173 e. The first-order chi connectivity index (χ1) is 14.0. The number of halogens is 2. The summed E-state index contributed by atoms with van der Waals surface area (Å²) in [6.07, 6.45) is 4.66. The van der Waals surface area contributed by atoms with Crippen LogP contribution in [0.4, 0.5) is 21.6 Å². The number of aromatic amines is 1. The van der Waals surface area contributed by atoms with E-state index in [2.05, 4.69) is 37.8 Å². The van der Waals surface area contributed by atoms with Crippen molar-refractivity contribution in [1.82, 2.24) is 24.9 Å². The molecule has 1 unspecified atom stereocenters. The highest BCUT2D eigenvalue weighted by molar-refractivity contribution is 6.36. The molecule has 1 aliphatic heterocycles. The number of benzene rings is 1. The summed E-state index contributed by atoms with van der Waals surface area (Å²) in [6.45, 7) is 3.82. The van der Waals surface area contributed by atoms with Crippen molar-refractivity contribution in [3.8, 4) is 0 Å². The van der Waals surface area contributed by atoms with Crippen LogP contribution in [0.15, 0.2) is 30.6 Å². The van der Waals surface area contributed by atoms with Crippen LogP contribution in [-0.2, 0) is 0 Å². The van der Waals surface area contributed by atoms with Gasteiger partial charge in [-0.3, -0.25) is 5.10 Å². The predicted octanol–water partition coefficient (Wildman–Crippen LogP) is 3.85. The lowest BCUT2D eigenvalue weighted by atomic mass is 10.1. The fraction of sp³-hybridized carbons (Fsp3) is 0.300. The van der Waals surface area contributed by atoms with Crippen molar-refractivity contribution in [3.63, 3.8) is 0 Å². The molecule has 0 bridgehead atoms. The van der Waals surface area contributed by atoms with Crippen LogP contribution in [0.1, 0.15) is 12.1 Å². The standard InChI is InChI=1S/C20H21ClFN7/c1-11-9-29-10-12(5-16(22)20(29)24-11)25-19-18-15(21)6-14(7-17(18)26-27-19)28(2)13-3-4-23-8-13/h5-7,9-10,13,23H,3-4,8H2,1-2H3,(H2,25,26,27). The highest BCUT2D eigenvalue weighted by Gasteiger charge is 2.21. The van der Waals surface area contributed by atoms with Gasteiger partial charge in [0.1, 0.15) is 0 Å². The van der Waals surface area contributed by atoms with E-state index in [9.17, 15) is 4.39 Å². The maximum atomic E-state index is 14.4. The third kappa shape index (κ3) is 3.18. The van der Waals surface area contributed by atoms with Crippen molar-refractivity contribution in [2.24, 2.45) is 0 Å². The fourth-order valence-electron chi connectivity index (χ4n) is 3.95. The first-order valence-corrected chi connectivity index (χ1v) is 9.90. The van der Waals surface area contributed by atoms with E-state index in [-0.39, 0.29) is 0 Å². The third-order valence-corrected chi connectivity index (χ3v) is 5.78. The molecule has 0 saturated carbocycles. The Hall–Kier alpha value is -2.84. The molecule has 5 rings (SSSR count). The summed E-state index contributed by atoms with van der Waals surface area (Å²) < 4.78 is 16.0. The van der Waals surface area contributed by atoms with Gasteiger partial charge in [0.15, 0.2) is 17.3 Å². The van der Waals surface area contributed by atoms with E-state index in [4.69, 9.17) is 11.6 Å². The van der Waals surface area contributed by atoms with Crippen LogP contribution in [0.25, 0.3) is 16.6 Å². The van der Waals surface area contributed by atoms with E-state index < -0.39 is 5.82 Å². The normalized spacial score (nSPS) is 16.8. The Morgan fingerprint density at radius 1 is 1.31 bits per heavy atom. The molecule has 150 valence electrons. The Morgan fingerprint density at radius 3 is 2.97 bits per heavy atom. The summed E-state index contributed by atoms with van der Waals surface area (Å²) in [5.74, 6) is 0.153. The number of anilines is 3. The number of aromatic nitrogens is 4. The number of nitrogens with one attached hydrogen (secondary N) is 3. The lowest BCUT2D eigenvalue weighted by Crippen LogP contribution is -2.33. The van der Waals surface area contributed by atoms with Gasteiger partial charge in [0, 0.05) is 43.8 Å². The Labute approximate surface area is 171 Å². The average molecular weight is 414 g/mol. The monoisotopic (exact) mass is 413 g/mol. The number of aryl methyl sites for hydroxylation is 1. The summed E-state index contributed by atoms with van der Waals surface area (Å²) in [4.78, 5) is 6.42. The number of pyridine rings is 1. The topological polar surface area (TPSA) is 73.3 Å². The van der Waals surface area contributed by atoms with E-state index in [1.165, 1.54) is 6.07 Å². The molecule has 9 heteroatoms. The fourth-order valence-corrected chi connectivity index (χ4v) is 4.26. The van der Waals surface area contributed by atoms with Crippen LogP contribution in [0.2, 0.25) is 5.02 Å². The molecule has 1 aliphatic rings. The summed E-state index contributed by atoms with van der Waals surface area (Å²) in [5.41, 5.74) is 3.48. The molecule has 1 aromatic carbocycles. The van der Waals surface area contributed by atoms with Crippen LogP contribution < -0.4 is 15.5 Å². The first kappa shape index (κ1) is 18.2. The molecule has 0 spiro atoms. The van der Waals surface area contributed by atoms with Crippen molar-refractivity contribution in [2.75, 3.05) is 30.4 Å². The molecule has 1 atom stereocenters. The summed E-state index contributed by atoms with van der Waals surface area (Å²) in [6, 6.07) is 5.84.